The van der Waals surface area contributed by atoms with Gasteiger partial charge < -0.3 is 9.16 Å². The minimum atomic E-state index is -1.77. The minimum absolute atomic E-state index is 0.0284. The highest BCUT2D eigenvalue weighted by atomic mass is 28.4. The first-order valence-electron chi connectivity index (χ1n) is 7.61. The van der Waals surface area contributed by atoms with Gasteiger partial charge in [0.1, 0.15) is 6.10 Å². The van der Waals surface area contributed by atoms with Crippen LogP contribution in [0.4, 0.5) is 0 Å². The molecule has 0 aliphatic heterocycles. The molecule has 0 aliphatic carbocycles. The maximum absolute atomic E-state index is 6.41. The van der Waals surface area contributed by atoms with Crippen molar-refractivity contribution in [3.63, 3.8) is 0 Å². The molecule has 0 radical (unpaired) electrons. The van der Waals surface area contributed by atoms with Crippen LogP contribution in [0.2, 0.25) is 18.1 Å². The molecule has 0 saturated heterocycles. The van der Waals surface area contributed by atoms with E-state index >= 15 is 0 Å². The van der Waals surface area contributed by atoms with Gasteiger partial charge in [0.25, 0.3) is 0 Å². The molecule has 3 heteroatoms. The summed E-state index contributed by atoms with van der Waals surface area (Å²) in [6, 6.07) is 10.3. The lowest BCUT2D eigenvalue weighted by atomic mass is 10.1. The van der Waals surface area contributed by atoms with Gasteiger partial charge in [-0.2, -0.15) is 0 Å². The maximum Gasteiger partial charge on any atom is 0.192 e. The SMILES string of the molecule is CO[C@@H](/C=C/c1ccccc1)[C@H](C)O[Si](C)(C)C(C)(C)C. The molecule has 0 bridgehead atoms. The van der Waals surface area contributed by atoms with Crippen molar-refractivity contribution in [2.24, 2.45) is 0 Å². The van der Waals surface area contributed by atoms with Crippen LogP contribution in [0.5, 0.6) is 0 Å². The first-order chi connectivity index (χ1) is 9.67. The van der Waals surface area contributed by atoms with E-state index in [-0.39, 0.29) is 17.2 Å². The maximum atomic E-state index is 6.41. The highest BCUT2D eigenvalue weighted by Crippen LogP contribution is 2.37. The zero-order valence-corrected chi connectivity index (χ0v) is 15.5. The monoisotopic (exact) mass is 306 g/mol. The largest absolute Gasteiger partial charge is 0.411 e. The number of benzene rings is 1. The second kappa shape index (κ2) is 7.39. The van der Waals surface area contributed by atoms with Crippen LogP contribution >= 0.6 is 0 Å². The molecule has 0 saturated carbocycles. The van der Waals surface area contributed by atoms with Gasteiger partial charge in [-0.25, -0.2) is 0 Å². The van der Waals surface area contributed by atoms with Crippen LogP contribution in [0.3, 0.4) is 0 Å². The third kappa shape index (κ3) is 5.42. The third-order valence-electron chi connectivity index (χ3n) is 4.30. The highest BCUT2D eigenvalue weighted by Gasteiger charge is 2.39. The molecule has 0 heterocycles. The van der Waals surface area contributed by atoms with Gasteiger partial charge in [0.15, 0.2) is 8.32 Å². The smallest absolute Gasteiger partial charge is 0.192 e. The number of hydrogen-bond acceptors (Lipinski definition) is 2. The predicted octanol–water partition coefficient (Wildman–Crippen LogP) is 5.13. The topological polar surface area (TPSA) is 18.5 Å². The van der Waals surface area contributed by atoms with Crippen molar-refractivity contribution in [2.45, 2.75) is 58.0 Å². The summed E-state index contributed by atoms with van der Waals surface area (Å²) in [7, 11) is -0.0276. The minimum Gasteiger partial charge on any atom is -0.411 e. The van der Waals surface area contributed by atoms with Crippen molar-refractivity contribution in [3.8, 4) is 0 Å². The molecule has 0 fully saturated rings. The molecule has 0 aliphatic rings. The molecule has 2 nitrogen and oxygen atoms in total. The van der Waals surface area contributed by atoms with Crippen molar-refractivity contribution in [1.29, 1.82) is 0 Å². The van der Waals surface area contributed by atoms with E-state index in [9.17, 15) is 0 Å². The number of methoxy groups -OCH3 is 1. The first kappa shape index (κ1) is 18.1. The fourth-order valence-electron chi connectivity index (χ4n) is 1.91. The Morgan fingerprint density at radius 2 is 1.67 bits per heavy atom. The summed E-state index contributed by atoms with van der Waals surface area (Å²) in [5.74, 6) is 0. The van der Waals surface area contributed by atoms with Crippen molar-refractivity contribution in [2.75, 3.05) is 7.11 Å². The lowest BCUT2D eigenvalue weighted by molar-refractivity contribution is 0.0346. The Morgan fingerprint density at radius 3 is 2.14 bits per heavy atom. The Hall–Kier alpha value is -0.903. The summed E-state index contributed by atoms with van der Waals surface area (Å²) < 4.78 is 12.0. The summed E-state index contributed by atoms with van der Waals surface area (Å²) in [6.45, 7) is 13.4. The highest BCUT2D eigenvalue weighted by molar-refractivity contribution is 6.74. The number of hydrogen-bond donors (Lipinski definition) is 0. The van der Waals surface area contributed by atoms with Gasteiger partial charge >= 0.3 is 0 Å². The van der Waals surface area contributed by atoms with Gasteiger partial charge in [-0.15, -0.1) is 0 Å². The van der Waals surface area contributed by atoms with Crippen LogP contribution in [0, 0.1) is 0 Å². The summed E-state index contributed by atoms with van der Waals surface area (Å²) in [5.41, 5.74) is 1.18. The Bertz CT molecular complexity index is 446. The lowest BCUT2D eigenvalue weighted by Gasteiger charge is -2.39. The Kier molecular flexibility index (Phi) is 6.38. The fourth-order valence-corrected chi connectivity index (χ4v) is 3.32. The summed E-state index contributed by atoms with van der Waals surface area (Å²) in [6.07, 6.45) is 4.21. The van der Waals surface area contributed by atoms with Crippen LogP contribution in [0.1, 0.15) is 33.3 Å². The van der Waals surface area contributed by atoms with Crippen molar-refractivity contribution < 1.29 is 9.16 Å². The standard InChI is InChI=1S/C18H30O2Si/c1-15(20-21(6,7)18(2,3)4)17(19-5)14-13-16-11-9-8-10-12-16/h8-15,17H,1-7H3/b14-13+/t15-,17-/m0/s1. The molecule has 118 valence electrons. The van der Waals surface area contributed by atoms with Gasteiger partial charge in [-0.05, 0) is 30.6 Å². The number of rotatable bonds is 6. The quantitative estimate of drug-likeness (QED) is 0.679. The molecule has 2 atom stereocenters. The van der Waals surface area contributed by atoms with E-state index in [0.29, 0.717) is 0 Å². The molecule has 21 heavy (non-hydrogen) atoms. The van der Waals surface area contributed by atoms with E-state index in [2.05, 4.69) is 65.1 Å². The van der Waals surface area contributed by atoms with Gasteiger partial charge in [0, 0.05) is 7.11 Å². The van der Waals surface area contributed by atoms with Crippen LogP contribution in [0.25, 0.3) is 6.08 Å². The van der Waals surface area contributed by atoms with E-state index < -0.39 is 8.32 Å². The molecule has 0 amide bonds. The van der Waals surface area contributed by atoms with E-state index in [1.165, 1.54) is 5.56 Å². The zero-order valence-electron chi connectivity index (χ0n) is 14.5. The molecule has 1 aromatic rings. The molecule has 0 spiro atoms. The third-order valence-corrected chi connectivity index (χ3v) is 8.87. The van der Waals surface area contributed by atoms with Gasteiger partial charge in [-0.1, -0.05) is 63.3 Å². The summed E-state index contributed by atoms with van der Waals surface area (Å²) >= 11 is 0. The van der Waals surface area contributed by atoms with Crippen molar-refractivity contribution >= 4 is 14.4 Å². The summed E-state index contributed by atoms with van der Waals surface area (Å²) in [5, 5.41) is 0.211. The van der Waals surface area contributed by atoms with Gasteiger partial charge in [0.2, 0.25) is 0 Å². The molecule has 0 aromatic heterocycles. The van der Waals surface area contributed by atoms with E-state index in [1.807, 2.05) is 18.2 Å². The lowest BCUT2D eigenvalue weighted by Crippen LogP contribution is -2.46. The van der Waals surface area contributed by atoms with Crippen LogP contribution in [-0.2, 0) is 9.16 Å². The number of ether oxygens (including phenoxy) is 1. The molecule has 0 N–H and O–H groups in total. The average Bonchev–Trinajstić information content (AvgIpc) is 2.38. The molecule has 0 unspecified atom stereocenters. The Morgan fingerprint density at radius 1 is 1.10 bits per heavy atom. The predicted molar refractivity (Wildman–Crippen MR) is 94.0 cm³/mol. The molecular formula is C18H30O2Si. The summed E-state index contributed by atoms with van der Waals surface area (Å²) in [4.78, 5) is 0. The average molecular weight is 307 g/mol. The normalized spacial score (nSPS) is 16.1. The Balaban J connectivity index is 2.74. The zero-order chi connectivity index (χ0) is 16.1. The molecule has 1 aromatic carbocycles. The van der Waals surface area contributed by atoms with E-state index in [0.717, 1.165) is 0 Å². The Labute approximate surface area is 131 Å². The van der Waals surface area contributed by atoms with Crippen molar-refractivity contribution in [1.82, 2.24) is 0 Å². The van der Waals surface area contributed by atoms with Gasteiger partial charge in [-0.3, -0.25) is 0 Å². The van der Waals surface area contributed by atoms with Crippen LogP contribution < -0.4 is 0 Å². The second-order valence-electron chi connectivity index (χ2n) is 7.05. The van der Waals surface area contributed by atoms with E-state index in [1.54, 1.807) is 7.11 Å². The van der Waals surface area contributed by atoms with Crippen LogP contribution in [-0.4, -0.2) is 27.6 Å². The van der Waals surface area contributed by atoms with E-state index in [4.69, 9.17) is 9.16 Å². The van der Waals surface area contributed by atoms with Crippen molar-refractivity contribution in [3.05, 3.63) is 42.0 Å². The molecule has 1 rings (SSSR count). The van der Waals surface area contributed by atoms with Gasteiger partial charge in [0.05, 0.1) is 6.10 Å². The van der Waals surface area contributed by atoms with Crippen LogP contribution in [0.15, 0.2) is 36.4 Å². The fraction of sp³-hybridized carbons (Fsp3) is 0.556. The first-order valence-corrected chi connectivity index (χ1v) is 10.5. The second-order valence-corrected chi connectivity index (χ2v) is 11.8. The molecular weight excluding hydrogens is 276 g/mol.